The number of aliphatic hydroxyl groups is 1. The van der Waals surface area contributed by atoms with Crippen LogP contribution < -0.4 is 11.1 Å². The molecule has 1 aromatic heterocycles. The standard InChI is InChI=1S/C8H13N3O/c9-6-8-5-7(1-2-10-8)11-3-4-12/h1-2,5,12H,3-4,6,9H2,(H,10,11). The fourth-order valence-corrected chi connectivity index (χ4v) is 0.900. The van der Waals surface area contributed by atoms with Gasteiger partial charge in [0.05, 0.1) is 12.3 Å². The molecule has 4 N–H and O–H groups in total. The maximum atomic E-state index is 8.55. The number of nitrogens with two attached hydrogens (primary N) is 1. The number of hydrogen-bond acceptors (Lipinski definition) is 4. The van der Waals surface area contributed by atoms with Crippen LogP contribution in [0.5, 0.6) is 0 Å². The molecule has 0 aromatic carbocycles. The zero-order valence-electron chi connectivity index (χ0n) is 6.83. The lowest BCUT2D eigenvalue weighted by molar-refractivity contribution is 0.311. The SMILES string of the molecule is NCc1cc(NCCO)ccn1. The molecular formula is C8H13N3O. The highest BCUT2D eigenvalue weighted by Gasteiger charge is 1.93. The number of rotatable bonds is 4. The summed E-state index contributed by atoms with van der Waals surface area (Å²) < 4.78 is 0. The molecule has 0 fully saturated rings. The van der Waals surface area contributed by atoms with E-state index in [0.717, 1.165) is 11.4 Å². The summed E-state index contributed by atoms with van der Waals surface area (Å²) in [5, 5.41) is 11.6. The molecule has 0 aliphatic rings. The highest BCUT2D eigenvalue weighted by Crippen LogP contribution is 2.06. The van der Waals surface area contributed by atoms with Gasteiger partial charge < -0.3 is 16.2 Å². The van der Waals surface area contributed by atoms with Gasteiger partial charge in [-0.2, -0.15) is 0 Å². The minimum Gasteiger partial charge on any atom is -0.395 e. The zero-order valence-corrected chi connectivity index (χ0v) is 6.83. The third-order valence-electron chi connectivity index (χ3n) is 1.47. The second kappa shape index (κ2) is 4.69. The van der Waals surface area contributed by atoms with Crippen LogP contribution in [-0.4, -0.2) is 23.2 Å². The van der Waals surface area contributed by atoms with Gasteiger partial charge in [0.25, 0.3) is 0 Å². The van der Waals surface area contributed by atoms with E-state index in [1.165, 1.54) is 0 Å². The van der Waals surface area contributed by atoms with Gasteiger partial charge >= 0.3 is 0 Å². The van der Waals surface area contributed by atoms with E-state index in [1.807, 2.05) is 12.1 Å². The Hall–Kier alpha value is -1.13. The molecule has 1 rings (SSSR count). The second-order valence-corrected chi connectivity index (χ2v) is 2.39. The quantitative estimate of drug-likeness (QED) is 0.587. The maximum Gasteiger partial charge on any atom is 0.0604 e. The van der Waals surface area contributed by atoms with Gasteiger partial charge in [0.1, 0.15) is 0 Å². The van der Waals surface area contributed by atoms with Crippen molar-refractivity contribution in [3.63, 3.8) is 0 Å². The highest BCUT2D eigenvalue weighted by molar-refractivity contribution is 5.42. The van der Waals surface area contributed by atoms with Gasteiger partial charge in [-0.25, -0.2) is 0 Å². The van der Waals surface area contributed by atoms with E-state index in [2.05, 4.69) is 10.3 Å². The molecule has 0 saturated heterocycles. The molecule has 0 spiro atoms. The molecule has 0 radical (unpaired) electrons. The summed E-state index contributed by atoms with van der Waals surface area (Å²) in [7, 11) is 0. The predicted molar refractivity (Wildman–Crippen MR) is 47.7 cm³/mol. The zero-order chi connectivity index (χ0) is 8.81. The fraction of sp³-hybridized carbons (Fsp3) is 0.375. The van der Waals surface area contributed by atoms with Crippen molar-refractivity contribution in [2.24, 2.45) is 5.73 Å². The third-order valence-corrected chi connectivity index (χ3v) is 1.47. The average molecular weight is 167 g/mol. The Balaban J connectivity index is 2.60. The monoisotopic (exact) mass is 167 g/mol. The van der Waals surface area contributed by atoms with Crippen molar-refractivity contribution in [2.75, 3.05) is 18.5 Å². The van der Waals surface area contributed by atoms with Gasteiger partial charge in [0.15, 0.2) is 0 Å². The number of hydrogen-bond donors (Lipinski definition) is 3. The Morgan fingerprint density at radius 1 is 1.58 bits per heavy atom. The van der Waals surface area contributed by atoms with Crippen LogP contribution >= 0.6 is 0 Å². The molecule has 0 aliphatic carbocycles. The van der Waals surface area contributed by atoms with Crippen molar-refractivity contribution in [1.82, 2.24) is 4.98 Å². The van der Waals surface area contributed by atoms with Crippen LogP contribution in [0.4, 0.5) is 5.69 Å². The Morgan fingerprint density at radius 3 is 3.08 bits per heavy atom. The van der Waals surface area contributed by atoms with Gasteiger partial charge in [-0.15, -0.1) is 0 Å². The van der Waals surface area contributed by atoms with E-state index in [1.54, 1.807) is 6.20 Å². The summed E-state index contributed by atoms with van der Waals surface area (Å²) in [6.45, 7) is 1.11. The van der Waals surface area contributed by atoms with E-state index in [-0.39, 0.29) is 6.61 Å². The molecule has 4 nitrogen and oxygen atoms in total. The fourth-order valence-electron chi connectivity index (χ4n) is 0.900. The first-order valence-corrected chi connectivity index (χ1v) is 3.86. The number of pyridine rings is 1. The third kappa shape index (κ3) is 2.48. The number of nitrogens with zero attached hydrogens (tertiary/aromatic N) is 1. The molecular weight excluding hydrogens is 154 g/mol. The van der Waals surface area contributed by atoms with Crippen molar-refractivity contribution < 1.29 is 5.11 Å². The van der Waals surface area contributed by atoms with Crippen LogP contribution in [0, 0.1) is 0 Å². The van der Waals surface area contributed by atoms with Crippen molar-refractivity contribution in [1.29, 1.82) is 0 Å². The summed E-state index contributed by atoms with van der Waals surface area (Å²) in [6.07, 6.45) is 1.70. The Kier molecular flexibility index (Phi) is 3.50. The normalized spacial score (nSPS) is 9.83. The lowest BCUT2D eigenvalue weighted by Gasteiger charge is -2.04. The summed E-state index contributed by atoms with van der Waals surface area (Å²) in [6, 6.07) is 3.71. The van der Waals surface area contributed by atoms with Crippen LogP contribution in [0.1, 0.15) is 5.69 Å². The van der Waals surface area contributed by atoms with E-state index in [0.29, 0.717) is 13.1 Å². The van der Waals surface area contributed by atoms with Crippen molar-refractivity contribution >= 4 is 5.69 Å². The first kappa shape index (κ1) is 8.96. The molecule has 0 bridgehead atoms. The summed E-state index contributed by atoms with van der Waals surface area (Å²) in [4.78, 5) is 4.04. The molecule has 12 heavy (non-hydrogen) atoms. The number of aliphatic hydroxyl groups excluding tert-OH is 1. The van der Waals surface area contributed by atoms with Crippen LogP contribution in [0.2, 0.25) is 0 Å². The smallest absolute Gasteiger partial charge is 0.0604 e. The largest absolute Gasteiger partial charge is 0.395 e. The first-order valence-electron chi connectivity index (χ1n) is 3.86. The minimum atomic E-state index is 0.125. The van der Waals surface area contributed by atoms with Gasteiger partial charge in [0, 0.05) is 25.0 Å². The van der Waals surface area contributed by atoms with Gasteiger partial charge in [0.2, 0.25) is 0 Å². The lowest BCUT2D eigenvalue weighted by Crippen LogP contribution is -2.07. The first-order chi connectivity index (χ1) is 5.86. The molecule has 0 amide bonds. The van der Waals surface area contributed by atoms with E-state index in [4.69, 9.17) is 10.8 Å². The topological polar surface area (TPSA) is 71.2 Å². The van der Waals surface area contributed by atoms with E-state index >= 15 is 0 Å². The molecule has 0 atom stereocenters. The molecule has 1 heterocycles. The van der Waals surface area contributed by atoms with Crippen LogP contribution in [0.25, 0.3) is 0 Å². The summed E-state index contributed by atoms with van der Waals surface area (Å²) in [5.74, 6) is 0. The van der Waals surface area contributed by atoms with Crippen LogP contribution in [-0.2, 0) is 6.54 Å². The Morgan fingerprint density at radius 2 is 2.42 bits per heavy atom. The lowest BCUT2D eigenvalue weighted by atomic mass is 10.3. The highest BCUT2D eigenvalue weighted by atomic mass is 16.3. The van der Waals surface area contributed by atoms with Crippen molar-refractivity contribution in [2.45, 2.75) is 6.54 Å². The Labute approximate surface area is 71.4 Å². The van der Waals surface area contributed by atoms with Crippen molar-refractivity contribution in [3.05, 3.63) is 24.0 Å². The van der Waals surface area contributed by atoms with E-state index in [9.17, 15) is 0 Å². The predicted octanol–water partition coefficient (Wildman–Crippen LogP) is -0.0555. The van der Waals surface area contributed by atoms with Crippen LogP contribution in [0.15, 0.2) is 18.3 Å². The minimum absolute atomic E-state index is 0.125. The summed E-state index contributed by atoms with van der Waals surface area (Å²) in [5.41, 5.74) is 7.20. The van der Waals surface area contributed by atoms with Gasteiger partial charge in [-0.05, 0) is 12.1 Å². The molecule has 0 saturated carbocycles. The Bertz CT molecular complexity index is 239. The van der Waals surface area contributed by atoms with Gasteiger partial charge in [-0.3, -0.25) is 4.98 Å². The molecule has 4 heteroatoms. The number of nitrogens with one attached hydrogen (secondary N) is 1. The average Bonchev–Trinajstić information content (AvgIpc) is 2.15. The van der Waals surface area contributed by atoms with Gasteiger partial charge in [-0.1, -0.05) is 0 Å². The molecule has 0 unspecified atom stereocenters. The molecule has 1 aromatic rings. The summed E-state index contributed by atoms with van der Waals surface area (Å²) >= 11 is 0. The van der Waals surface area contributed by atoms with E-state index < -0.39 is 0 Å². The number of aromatic nitrogens is 1. The second-order valence-electron chi connectivity index (χ2n) is 2.39. The number of anilines is 1. The van der Waals surface area contributed by atoms with Crippen LogP contribution in [0.3, 0.4) is 0 Å². The molecule has 66 valence electrons. The maximum absolute atomic E-state index is 8.55. The molecule has 0 aliphatic heterocycles. The van der Waals surface area contributed by atoms with Crippen molar-refractivity contribution in [3.8, 4) is 0 Å².